The summed E-state index contributed by atoms with van der Waals surface area (Å²) in [6, 6.07) is 6.12. The van der Waals surface area contributed by atoms with Crippen molar-refractivity contribution in [2.24, 2.45) is 5.73 Å². The Bertz CT molecular complexity index is 508. The quantitative estimate of drug-likeness (QED) is 0.857. The Morgan fingerprint density at radius 3 is 2.55 bits per heavy atom. The molecule has 0 amide bonds. The van der Waals surface area contributed by atoms with Gasteiger partial charge in [0.2, 0.25) is 0 Å². The van der Waals surface area contributed by atoms with Crippen molar-refractivity contribution < 1.29 is 4.39 Å². The zero-order valence-electron chi connectivity index (χ0n) is 11.5. The zero-order chi connectivity index (χ0) is 14.1. The fraction of sp³-hybridized carbons (Fsp3) is 0.533. The highest BCUT2D eigenvalue weighted by molar-refractivity contribution is 7.80. The number of halogens is 1. The molecule has 0 unspecified atom stereocenters. The van der Waals surface area contributed by atoms with Gasteiger partial charge in [-0.25, -0.2) is 4.39 Å². The van der Waals surface area contributed by atoms with Crippen molar-refractivity contribution in [3.63, 3.8) is 0 Å². The topological polar surface area (TPSA) is 32.5 Å². The van der Waals surface area contributed by atoms with E-state index in [1.54, 1.807) is 6.07 Å². The highest BCUT2D eigenvalue weighted by Crippen LogP contribution is 2.27. The summed E-state index contributed by atoms with van der Waals surface area (Å²) in [6.07, 6.45) is 2.70. The second-order valence-electron chi connectivity index (χ2n) is 5.69. The molecular weight excluding hydrogens is 273 g/mol. The van der Waals surface area contributed by atoms with E-state index in [0.29, 0.717) is 17.7 Å². The van der Waals surface area contributed by atoms with Gasteiger partial charge in [0.25, 0.3) is 0 Å². The summed E-state index contributed by atoms with van der Waals surface area (Å²) in [5.41, 5.74) is 6.59. The molecule has 0 aromatic heterocycles. The Morgan fingerprint density at radius 2 is 1.95 bits per heavy atom. The molecule has 108 valence electrons. The van der Waals surface area contributed by atoms with Crippen LogP contribution in [0, 0.1) is 5.82 Å². The minimum absolute atomic E-state index is 0.128. The normalized spacial score (nSPS) is 21.1. The number of benzene rings is 1. The summed E-state index contributed by atoms with van der Waals surface area (Å²) < 4.78 is 14.3. The summed E-state index contributed by atoms with van der Waals surface area (Å²) in [5.74, 6) is -0.260. The molecule has 5 heteroatoms. The monoisotopic (exact) mass is 293 g/mol. The van der Waals surface area contributed by atoms with Crippen LogP contribution < -0.4 is 5.73 Å². The van der Waals surface area contributed by atoms with E-state index in [0.717, 1.165) is 32.2 Å². The summed E-state index contributed by atoms with van der Waals surface area (Å²) >= 11 is 4.88. The third-order valence-corrected chi connectivity index (χ3v) is 4.43. The van der Waals surface area contributed by atoms with Gasteiger partial charge in [0.1, 0.15) is 10.8 Å². The first-order chi connectivity index (χ1) is 9.65. The first-order valence-corrected chi connectivity index (χ1v) is 7.59. The lowest BCUT2D eigenvalue weighted by atomic mass is 10.1. The molecule has 1 heterocycles. The predicted molar refractivity (Wildman–Crippen MR) is 82.2 cm³/mol. The molecule has 0 radical (unpaired) electrons. The smallest absolute Gasteiger partial charge is 0.137 e. The molecule has 1 saturated heterocycles. The van der Waals surface area contributed by atoms with Crippen LogP contribution in [0.25, 0.3) is 0 Å². The van der Waals surface area contributed by atoms with E-state index in [1.165, 1.54) is 12.8 Å². The average molecular weight is 293 g/mol. The molecule has 1 saturated carbocycles. The Balaban J connectivity index is 1.63. The number of hydrogen-bond acceptors (Lipinski definition) is 3. The Labute approximate surface area is 124 Å². The van der Waals surface area contributed by atoms with E-state index in [4.69, 9.17) is 18.0 Å². The van der Waals surface area contributed by atoms with Crippen molar-refractivity contribution in [1.29, 1.82) is 0 Å². The van der Waals surface area contributed by atoms with Gasteiger partial charge < -0.3 is 5.73 Å². The fourth-order valence-electron chi connectivity index (χ4n) is 2.86. The fourth-order valence-corrected chi connectivity index (χ4v) is 3.02. The van der Waals surface area contributed by atoms with Crippen LogP contribution in [-0.2, 0) is 6.54 Å². The summed E-state index contributed by atoms with van der Waals surface area (Å²) in [7, 11) is 0. The number of nitrogens with zero attached hydrogens (tertiary/aromatic N) is 2. The zero-order valence-corrected chi connectivity index (χ0v) is 12.3. The molecule has 1 aromatic rings. The maximum absolute atomic E-state index is 14.3. The largest absolute Gasteiger partial charge is 0.389 e. The van der Waals surface area contributed by atoms with Gasteiger partial charge in [0.05, 0.1) is 0 Å². The van der Waals surface area contributed by atoms with Gasteiger partial charge in [-0.15, -0.1) is 0 Å². The maximum Gasteiger partial charge on any atom is 0.137 e. The van der Waals surface area contributed by atoms with Gasteiger partial charge in [-0.1, -0.05) is 24.4 Å². The number of hydrogen-bond donors (Lipinski definition) is 1. The lowest BCUT2D eigenvalue weighted by Gasteiger charge is -2.34. The standard InChI is InChI=1S/C15H20FN3S/c16-14-11(2-1-3-13(14)15(17)20)10-18-6-8-19(9-7-18)12-4-5-12/h1-3,12H,4-10H2,(H2,17,20). The van der Waals surface area contributed by atoms with Crippen molar-refractivity contribution >= 4 is 17.2 Å². The van der Waals surface area contributed by atoms with Gasteiger partial charge in [0.15, 0.2) is 0 Å². The molecule has 3 rings (SSSR count). The highest BCUT2D eigenvalue weighted by Gasteiger charge is 2.31. The molecule has 3 nitrogen and oxygen atoms in total. The minimum Gasteiger partial charge on any atom is -0.389 e. The molecule has 0 spiro atoms. The molecule has 2 aliphatic rings. The third kappa shape index (κ3) is 3.00. The lowest BCUT2D eigenvalue weighted by Crippen LogP contribution is -2.46. The van der Waals surface area contributed by atoms with Crippen LogP contribution in [0.2, 0.25) is 0 Å². The molecule has 2 N–H and O–H groups in total. The van der Waals surface area contributed by atoms with Gasteiger partial charge in [-0.05, 0) is 18.9 Å². The summed E-state index contributed by atoms with van der Waals surface area (Å²) in [6.45, 7) is 4.85. The molecule has 0 bridgehead atoms. The van der Waals surface area contributed by atoms with E-state index in [-0.39, 0.29) is 10.8 Å². The molecule has 1 aliphatic heterocycles. The van der Waals surface area contributed by atoms with E-state index in [2.05, 4.69) is 9.80 Å². The van der Waals surface area contributed by atoms with Gasteiger partial charge >= 0.3 is 0 Å². The van der Waals surface area contributed by atoms with Crippen molar-refractivity contribution in [1.82, 2.24) is 9.80 Å². The molecule has 20 heavy (non-hydrogen) atoms. The van der Waals surface area contributed by atoms with Crippen molar-refractivity contribution in [3.05, 3.63) is 35.1 Å². The Morgan fingerprint density at radius 1 is 1.25 bits per heavy atom. The van der Waals surface area contributed by atoms with Crippen LogP contribution in [0.4, 0.5) is 4.39 Å². The van der Waals surface area contributed by atoms with E-state index >= 15 is 0 Å². The third-order valence-electron chi connectivity index (χ3n) is 4.21. The van der Waals surface area contributed by atoms with Gasteiger partial charge in [-0.3, -0.25) is 9.80 Å². The second kappa shape index (κ2) is 5.76. The highest BCUT2D eigenvalue weighted by atomic mass is 32.1. The van der Waals surface area contributed by atoms with E-state index < -0.39 is 0 Å². The SMILES string of the molecule is NC(=S)c1cccc(CN2CCN(C3CC3)CC2)c1F. The molecular formula is C15H20FN3S. The molecule has 2 fully saturated rings. The average Bonchev–Trinajstić information content (AvgIpc) is 3.26. The second-order valence-corrected chi connectivity index (χ2v) is 6.13. The Hall–Kier alpha value is -1.04. The summed E-state index contributed by atoms with van der Waals surface area (Å²) in [5, 5.41) is 0. The first kappa shape index (κ1) is 13.9. The van der Waals surface area contributed by atoms with Gasteiger partial charge in [0, 0.05) is 49.9 Å². The molecule has 0 atom stereocenters. The van der Waals surface area contributed by atoms with Crippen LogP contribution in [0.3, 0.4) is 0 Å². The molecule has 1 aliphatic carbocycles. The minimum atomic E-state index is -0.260. The maximum atomic E-state index is 14.3. The van der Waals surface area contributed by atoms with Crippen LogP contribution in [-0.4, -0.2) is 47.0 Å². The van der Waals surface area contributed by atoms with Gasteiger partial charge in [-0.2, -0.15) is 0 Å². The van der Waals surface area contributed by atoms with Crippen molar-refractivity contribution in [2.45, 2.75) is 25.4 Å². The van der Waals surface area contributed by atoms with Crippen LogP contribution in [0.1, 0.15) is 24.0 Å². The van der Waals surface area contributed by atoms with Crippen LogP contribution >= 0.6 is 12.2 Å². The van der Waals surface area contributed by atoms with E-state index in [1.807, 2.05) is 12.1 Å². The number of rotatable bonds is 4. The number of nitrogens with two attached hydrogens (primary N) is 1. The van der Waals surface area contributed by atoms with Crippen LogP contribution in [0.5, 0.6) is 0 Å². The van der Waals surface area contributed by atoms with Crippen molar-refractivity contribution in [3.8, 4) is 0 Å². The van der Waals surface area contributed by atoms with E-state index in [9.17, 15) is 4.39 Å². The van der Waals surface area contributed by atoms with Crippen molar-refractivity contribution in [2.75, 3.05) is 26.2 Å². The number of piperazine rings is 1. The predicted octanol–water partition coefficient (Wildman–Crippen LogP) is 1.74. The number of thiocarbonyl (C=S) groups is 1. The first-order valence-electron chi connectivity index (χ1n) is 7.19. The Kier molecular flexibility index (Phi) is 4.01. The molecule has 1 aromatic carbocycles. The lowest BCUT2D eigenvalue weighted by molar-refractivity contribution is 0.120. The summed E-state index contributed by atoms with van der Waals surface area (Å²) in [4.78, 5) is 4.99. The van der Waals surface area contributed by atoms with Crippen LogP contribution in [0.15, 0.2) is 18.2 Å².